The third-order valence-electron chi connectivity index (χ3n) is 3.26. The summed E-state index contributed by atoms with van der Waals surface area (Å²) in [5, 5.41) is 0. The van der Waals surface area contributed by atoms with Crippen molar-refractivity contribution < 1.29 is 0 Å². The smallest absolute Gasteiger partial charge is 0.0321 e. The summed E-state index contributed by atoms with van der Waals surface area (Å²) in [5.41, 5.74) is 0. The maximum Gasteiger partial charge on any atom is -0.0321 e. The highest BCUT2D eigenvalue weighted by Gasteiger charge is 2.26. The first-order chi connectivity index (χ1) is 5.11. The van der Waals surface area contributed by atoms with E-state index in [0.29, 0.717) is 0 Å². The third-order valence-corrected chi connectivity index (χ3v) is 3.26. The van der Waals surface area contributed by atoms with Crippen LogP contribution in [0, 0.1) is 30.1 Å². The van der Waals surface area contributed by atoms with Gasteiger partial charge in [-0.1, -0.05) is 34.1 Å². The summed E-state index contributed by atoms with van der Waals surface area (Å²) in [7, 11) is 0. The second-order valence-electron chi connectivity index (χ2n) is 4.51. The first-order valence-electron chi connectivity index (χ1n) is 4.96. The standard InChI is InChI=1S/C11H21/c1-8(2)11-6-5-9(3)10(4)7-11/h7-11H,5-6H2,1-4H3. The van der Waals surface area contributed by atoms with E-state index in [1.165, 1.54) is 12.8 Å². The maximum absolute atomic E-state index is 2.57. The van der Waals surface area contributed by atoms with Crippen molar-refractivity contribution in [3.8, 4) is 0 Å². The highest BCUT2D eigenvalue weighted by atomic mass is 14.3. The Balaban J connectivity index is 2.40. The van der Waals surface area contributed by atoms with E-state index in [9.17, 15) is 0 Å². The van der Waals surface area contributed by atoms with Crippen LogP contribution in [-0.4, -0.2) is 0 Å². The Hall–Kier alpha value is 0. The lowest BCUT2D eigenvalue weighted by molar-refractivity contribution is 0.243. The predicted octanol–water partition coefficient (Wildman–Crippen LogP) is 3.53. The molecule has 1 aliphatic rings. The summed E-state index contributed by atoms with van der Waals surface area (Å²) < 4.78 is 0. The minimum absolute atomic E-state index is 0.844. The summed E-state index contributed by atoms with van der Waals surface area (Å²) in [6.45, 7) is 9.41. The van der Waals surface area contributed by atoms with Crippen LogP contribution in [0.1, 0.15) is 40.5 Å². The molecule has 3 atom stereocenters. The second kappa shape index (κ2) is 3.60. The lowest BCUT2D eigenvalue weighted by atomic mass is 9.72. The maximum atomic E-state index is 2.57. The highest BCUT2D eigenvalue weighted by molar-refractivity contribution is 4.90. The Morgan fingerprint density at radius 3 is 2.27 bits per heavy atom. The van der Waals surface area contributed by atoms with Gasteiger partial charge in [-0.15, -0.1) is 0 Å². The molecular formula is C11H21. The fourth-order valence-electron chi connectivity index (χ4n) is 1.95. The van der Waals surface area contributed by atoms with Gasteiger partial charge >= 0.3 is 0 Å². The van der Waals surface area contributed by atoms with Crippen LogP contribution in [0.3, 0.4) is 0 Å². The predicted molar refractivity (Wildman–Crippen MR) is 50.2 cm³/mol. The molecule has 1 rings (SSSR count). The molecule has 0 bridgehead atoms. The van der Waals surface area contributed by atoms with Gasteiger partial charge in [-0.25, -0.2) is 0 Å². The van der Waals surface area contributed by atoms with Crippen LogP contribution >= 0.6 is 0 Å². The van der Waals surface area contributed by atoms with E-state index in [4.69, 9.17) is 0 Å². The second-order valence-corrected chi connectivity index (χ2v) is 4.51. The molecular weight excluding hydrogens is 132 g/mol. The van der Waals surface area contributed by atoms with E-state index in [-0.39, 0.29) is 0 Å². The van der Waals surface area contributed by atoms with Gasteiger partial charge in [0.2, 0.25) is 0 Å². The average Bonchev–Trinajstić information content (AvgIpc) is 1.94. The van der Waals surface area contributed by atoms with Gasteiger partial charge in [0.05, 0.1) is 0 Å². The Bertz CT molecular complexity index is 115. The van der Waals surface area contributed by atoms with Gasteiger partial charge in [-0.3, -0.25) is 0 Å². The molecule has 0 aromatic carbocycles. The molecule has 0 aliphatic heterocycles. The van der Waals surface area contributed by atoms with Crippen molar-refractivity contribution in [2.75, 3.05) is 0 Å². The fraction of sp³-hybridized carbons (Fsp3) is 0.909. The lowest BCUT2D eigenvalue weighted by Crippen LogP contribution is -2.24. The van der Waals surface area contributed by atoms with Gasteiger partial charge in [-0.05, 0) is 36.5 Å². The van der Waals surface area contributed by atoms with Crippen LogP contribution in [-0.2, 0) is 0 Å². The van der Waals surface area contributed by atoms with E-state index in [2.05, 4.69) is 34.1 Å². The van der Waals surface area contributed by atoms with E-state index in [0.717, 1.165) is 23.7 Å². The van der Waals surface area contributed by atoms with Crippen molar-refractivity contribution in [2.45, 2.75) is 40.5 Å². The zero-order chi connectivity index (χ0) is 8.43. The van der Waals surface area contributed by atoms with E-state index < -0.39 is 0 Å². The Morgan fingerprint density at radius 2 is 1.82 bits per heavy atom. The molecule has 1 aliphatic carbocycles. The molecule has 0 saturated heterocycles. The summed E-state index contributed by atoms with van der Waals surface area (Å²) in [5.74, 6) is 3.51. The molecule has 0 aromatic heterocycles. The van der Waals surface area contributed by atoms with Crippen molar-refractivity contribution >= 4 is 0 Å². The Labute approximate surface area is 71.4 Å². The summed E-state index contributed by atoms with van der Waals surface area (Å²) in [6.07, 6.45) is 5.42. The minimum atomic E-state index is 0.844. The molecule has 1 radical (unpaired) electrons. The van der Waals surface area contributed by atoms with E-state index >= 15 is 0 Å². The molecule has 0 N–H and O–H groups in total. The lowest BCUT2D eigenvalue weighted by Gasteiger charge is -2.33. The van der Waals surface area contributed by atoms with Crippen LogP contribution < -0.4 is 0 Å². The largest absolute Gasteiger partial charge is 0.0625 e. The Kier molecular flexibility index (Phi) is 2.98. The molecule has 0 heteroatoms. The number of hydrogen-bond donors (Lipinski definition) is 0. The summed E-state index contributed by atoms with van der Waals surface area (Å²) >= 11 is 0. The van der Waals surface area contributed by atoms with Crippen molar-refractivity contribution in [3.63, 3.8) is 0 Å². The van der Waals surface area contributed by atoms with Crippen LogP contribution in [0.2, 0.25) is 0 Å². The van der Waals surface area contributed by atoms with Crippen molar-refractivity contribution in [1.29, 1.82) is 0 Å². The zero-order valence-electron chi connectivity index (χ0n) is 8.30. The highest BCUT2D eigenvalue weighted by Crippen LogP contribution is 2.35. The molecule has 0 nitrogen and oxygen atoms in total. The molecule has 1 fully saturated rings. The number of rotatable bonds is 1. The van der Waals surface area contributed by atoms with Gasteiger partial charge in [-0.2, -0.15) is 0 Å². The van der Waals surface area contributed by atoms with Crippen LogP contribution in [0.5, 0.6) is 0 Å². The molecule has 1 saturated carbocycles. The first kappa shape index (κ1) is 9.09. The number of hydrogen-bond acceptors (Lipinski definition) is 0. The third kappa shape index (κ3) is 2.21. The summed E-state index contributed by atoms with van der Waals surface area (Å²) in [6, 6.07) is 0. The van der Waals surface area contributed by atoms with Crippen molar-refractivity contribution in [2.24, 2.45) is 23.7 Å². The van der Waals surface area contributed by atoms with Crippen molar-refractivity contribution in [3.05, 3.63) is 6.42 Å². The minimum Gasteiger partial charge on any atom is -0.0625 e. The van der Waals surface area contributed by atoms with Crippen LogP contribution in [0.15, 0.2) is 0 Å². The van der Waals surface area contributed by atoms with Crippen molar-refractivity contribution in [1.82, 2.24) is 0 Å². The van der Waals surface area contributed by atoms with Gasteiger partial charge in [0.1, 0.15) is 0 Å². The average molecular weight is 153 g/mol. The monoisotopic (exact) mass is 153 g/mol. The molecule has 0 aromatic rings. The van der Waals surface area contributed by atoms with Gasteiger partial charge < -0.3 is 0 Å². The van der Waals surface area contributed by atoms with Crippen LogP contribution in [0.4, 0.5) is 0 Å². The van der Waals surface area contributed by atoms with Gasteiger partial charge in [0.25, 0.3) is 0 Å². The zero-order valence-corrected chi connectivity index (χ0v) is 8.30. The normalized spacial score (nSPS) is 39.5. The molecule has 0 heterocycles. The molecule has 11 heavy (non-hydrogen) atoms. The fourth-order valence-corrected chi connectivity index (χ4v) is 1.95. The first-order valence-corrected chi connectivity index (χ1v) is 4.96. The molecule has 3 unspecified atom stereocenters. The quantitative estimate of drug-likeness (QED) is 0.540. The van der Waals surface area contributed by atoms with E-state index in [1.54, 1.807) is 0 Å². The van der Waals surface area contributed by atoms with Crippen LogP contribution in [0.25, 0.3) is 0 Å². The Morgan fingerprint density at radius 1 is 1.18 bits per heavy atom. The molecule has 0 amide bonds. The topological polar surface area (TPSA) is 0 Å². The molecule has 65 valence electrons. The van der Waals surface area contributed by atoms with E-state index in [1.807, 2.05) is 0 Å². The van der Waals surface area contributed by atoms with Gasteiger partial charge in [0, 0.05) is 0 Å². The molecule has 0 spiro atoms. The van der Waals surface area contributed by atoms with Gasteiger partial charge in [0.15, 0.2) is 0 Å². The summed E-state index contributed by atoms with van der Waals surface area (Å²) in [4.78, 5) is 0. The SMILES string of the molecule is CC(C)C1[CH]C(C)C(C)CC1.